The Morgan fingerprint density at radius 1 is 0.487 bits per heavy atom. The van der Waals surface area contributed by atoms with Gasteiger partial charge in [-0.3, -0.25) is 4.57 Å². The minimum atomic E-state index is -0.293. The summed E-state index contributed by atoms with van der Waals surface area (Å²) in [7, 11) is 0. The van der Waals surface area contributed by atoms with Crippen LogP contribution in [0.4, 0.5) is 8.78 Å². The van der Waals surface area contributed by atoms with Crippen LogP contribution >= 0.6 is 0 Å². The molecule has 0 spiro atoms. The predicted octanol–water partition coefficient (Wildman–Crippen LogP) is 9.61. The third kappa shape index (κ3) is 2.83. The summed E-state index contributed by atoms with van der Waals surface area (Å²) >= 11 is 0. The molecular formula is C35H24F2N2. The van der Waals surface area contributed by atoms with Gasteiger partial charge in [-0.1, -0.05) is 97.1 Å². The van der Waals surface area contributed by atoms with Crippen molar-refractivity contribution in [2.45, 2.75) is 20.5 Å². The van der Waals surface area contributed by atoms with Crippen LogP contribution in [0.15, 0.2) is 97.1 Å². The monoisotopic (exact) mass is 510 g/mol. The normalized spacial score (nSPS) is 12.2. The SMILES string of the molecule is Cc1c(F)n(Cn2c(C)c(F)c3c4ccccc4c4ccccc4c32)c2c3ccccc3c3ccccc3c12. The summed E-state index contributed by atoms with van der Waals surface area (Å²) in [5.41, 5.74) is 2.74. The first kappa shape index (κ1) is 22.3. The quantitative estimate of drug-likeness (QED) is 0.205. The van der Waals surface area contributed by atoms with Crippen LogP contribution in [0.1, 0.15) is 11.3 Å². The van der Waals surface area contributed by atoms with Crippen LogP contribution in [0.25, 0.3) is 64.9 Å². The van der Waals surface area contributed by atoms with Crippen LogP contribution in [0, 0.1) is 25.6 Å². The highest BCUT2D eigenvalue weighted by molar-refractivity contribution is 6.26. The smallest absolute Gasteiger partial charge is 0.199 e. The number of aryl methyl sites for hydroxylation is 1. The molecule has 0 fully saturated rings. The van der Waals surface area contributed by atoms with E-state index in [1.54, 1.807) is 11.5 Å². The summed E-state index contributed by atoms with van der Waals surface area (Å²) in [4.78, 5) is 0. The maximum atomic E-state index is 16.3. The Morgan fingerprint density at radius 2 is 0.872 bits per heavy atom. The topological polar surface area (TPSA) is 9.86 Å². The van der Waals surface area contributed by atoms with Crippen LogP contribution in [0.3, 0.4) is 0 Å². The third-order valence-electron chi connectivity index (χ3n) is 8.50. The average molecular weight is 511 g/mol. The molecule has 0 aliphatic rings. The van der Waals surface area contributed by atoms with E-state index in [0.29, 0.717) is 16.6 Å². The lowest BCUT2D eigenvalue weighted by Gasteiger charge is -2.16. The Labute approximate surface area is 223 Å². The molecule has 4 heteroatoms. The number of hydrogen-bond donors (Lipinski definition) is 0. The minimum Gasteiger partial charge on any atom is -0.323 e. The van der Waals surface area contributed by atoms with E-state index in [1.165, 1.54) is 0 Å². The van der Waals surface area contributed by atoms with Gasteiger partial charge >= 0.3 is 0 Å². The van der Waals surface area contributed by atoms with Crippen molar-refractivity contribution in [2.75, 3.05) is 0 Å². The van der Waals surface area contributed by atoms with Crippen molar-refractivity contribution in [1.82, 2.24) is 9.13 Å². The molecule has 8 aromatic rings. The number of nitrogens with zero attached hydrogens (tertiary/aromatic N) is 2. The van der Waals surface area contributed by atoms with Gasteiger partial charge in [0.15, 0.2) is 11.8 Å². The summed E-state index contributed by atoms with van der Waals surface area (Å²) < 4.78 is 36.1. The standard InChI is InChI=1S/C35H24F2N2/c1-20-30-26-15-7-3-11-22(26)24-13-5-9-17-28(24)33(30)39(35(20)37)19-38-21(2)32(36)31-27-16-8-4-12-23(27)25-14-6-10-18-29(25)34(31)38/h3-18H,19H2,1-2H3. The fraction of sp³-hybridized carbons (Fsp3) is 0.0857. The first-order valence-electron chi connectivity index (χ1n) is 13.2. The Hall–Kier alpha value is -4.70. The summed E-state index contributed by atoms with van der Waals surface area (Å²) in [6.07, 6.45) is 0. The lowest BCUT2D eigenvalue weighted by molar-refractivity contribution is 0.474. The second-order valence-electron chi connectivity index (χ2n) is 10.4. The third-order valence-corrected chi connectivity index (χ3v) is 8.50. The second kappa shape index (κ2) is 7.90. The zero-order valence-corrected chi connectivity index (χ0v) is 21.6. The van der Waals surface area contributed by atoms with Crippen molar-refractivity contribution in [3.63, 3.8) is 0 Å². The Bertz CT molecular complexity index is 2140. The Morgan fingerprint density at radius 3 is 1.38 bits per heavy atom. The van der Waals surface area contributed by atoms with E-state index in [4.69, 9.17) is 0 Å². The molecule has 39 heavy (non-hydrogen) atoms. The molecule has 188 valence electrons. The number of hydrogen-bond acceptors (Lipinski definition) is 0. The number of rotatable bonds is 2. The molecule has 0 aliphatic carbocycles. The van der Waals surface area contributed by atoms with Crippen molar-refractivity contribution in [3.8, 4) is 0 Å². The van der Waals surface area contributed by atoms with Gasteiger partial charge in [0.05, 0.1) is 16.7 Å². The van der Waals surface area contributed by atoms with E-state index in [9.17, 15) is 0 Å². The van der Waals surface area contributed by atoms with Crippen molar-refractivity contribution >= 4 is 64.9 Å². The molecule has 0 bridgehead atoms. The molecule has 0 radical (unpaired) electrons. The maximum Gasteiger partial charge on any atom is 0.199 e. The van der Waals surface area contributed by atoms with Gasteiger partial charge in [0.25, 0.3) is 0 Å². The number of halogens is 2. The van der Waals surface area contributed by atoms with Crippen LogP contribution < -0.4 is 0 Å². The molecule has 0 amide bonds. The maximum absolute atomic E-state index is 16.3. The molecule has 0 saturated heterocycles. The van der Waals surface area contributed by atoms with E-state index < -0.39 is 0 Å². The lowest BCUT2D eigenvalue weighted by atomic mass is 9.97. The van der Waals surface area contributed by atoms with E-state index in [0.717, 1.165) is 59.5 Å². The number of aromatic nitrogens is 2. The van der Waals surface area contributed by atoms with Crippen molar-refractivity contribution in [2.24, 2.45) is 0 Å². The zero-order valence-electron chi connectivity index (χ0n) is 21.6. The Kier molecular flexibility index (Phi) is 4.52. The average Bonchev–Trinajstić information content (AvgIpc) is 3.39. The van der Waals surface area contributed by atoms with Gasteiger partial charge in [-0.15, -0.1) is 0 Å². The molecule has 2 aromatic heterocycles. The van der Waals surface area contributed by atoms with Gasteiger partial charge in [0, 0.05) is 27.1 Å². The Balaban J connectivity index is 1.53. The summed E-state index contributed by atoms with van der Waals surface area (Å²) in [5, 5.41) is 9.60. The highest BCUT2D eigenvalue weighted by Crippen LogP contribution is 2.41. The van der Waals surface area contributed by atoms with E-state index in [-0.39, 0.29) is 18.4 Å². The first-order chi connectivity index (χ1) is 19.1. The lowest BCUT2D eigenvalue weighted by Crippen LogP contribution is -2.12. The summed E-state index contributed by atoms with van der Waals surface area (Å²) in [6, 6.07) is 32.4. The van der Waals surface area contributed by atoms with Gasteiger partial charge in [-0.25, -0.2) is 4.39 Å². The van der Waals surface area contributed by atoms with Crippen LogP contribution in [0.2, 0.25) is 0 Å². The molecule has 0 N–H and O–H groups in total. The van der Waals surface area contributed by atoms with Crippen LogP contribution in [-0.2, 0) is 6.67 Å². The van der Waals surface area contributed by atoms with E-state index in [1.807, 2.05) is 78.2 Å². The van der Waals surface area contributed by atoms with Crippen molar-refractivity contribution in [1.29, 1.82) is 0 Å². The van der Waals surface area contributed by atoms with Gasteiger partial charge in [-0.2, -0.15) is 4.39 Å². The highest BCUT2D eigenvalue weighted by Gasteiger charge is 2.24. The molecule has 2 nitrogen and oxygen atoms in total. The fourth-order valence-electron chi connectivity index (χ4n) is 6.73. The molecule has 0 saturated carbocycles. The van der Waals surface area contributed by atoms with E-state index in [2.05, 4.69) is 30.3 Å². The molecule has 8 rings (SSSR count). The van der Waals surface area contributed by atoms with Gasteiger partial charge in [0.2, 0.25) is 0 Å². The highest BCUT2D eigenvalue weighted by atomic mass is 19.1. The van der Waals surface area contributed by atoms with Crippen LogP contribution in [0.5, 0.6) is 0 Å². The molecule has 0 unspecified atom stereocenters. The molecular weight excluding hydrogens is 486 g/mol. The molecule has 2 heterocycles. The largest absolute Gasteiger partial charge is 0.323 e. The minimum absolute atomic E-state index is 0.160. The zero-order chi connectivity index (χ0) is 26.4. The number of fused-ring (bicyclic) bond motifs is 12. The van der Waals surface area contributed by atoms with Crippen molar-refractivity contribution in [3.05, 3.63) is 120 Å². The molecule has 0 atom stereocenters. The molecule has 0 aliphatic heterocycles. The summed E-state index contributed by atoms with van der Waals surface area (Å²) in [5.74, 6) is -0.547. The number of benzene rings is 6. The van der Waals surface area contributed by atoms with Crippen LogP contribution in [-0.4, -0.2) is 9.13 Å². The van der Waals surface area contributed by atoms with Gasteiger partial charge < -0.3 is 4.57 Å². The van der Waals surface area contributed by atoms with Gasteiger partial charge in [0.1, 0.15) is 6.67 Å². The van der Waals surface area contributed by atoms with Gasteiger partial charge in [-0.05, 0) is 46.2 Å². The fourth-order valence-corrected chi connectivity index (χ4v) is 6.73. The summed E-state index contributed by atoms with van der Waals surface area (Å²) in [6.45, 7) is 3.80. The predicted molar refractivity (Wildman–Crippen MR) is 159 cm³/mol. The van der Waals surface area contributed by atoms with E-state index >= 15 is 8.78 Å². The molecule has 6 aromatic carbocycles. The second-order valence-corrected chi connectivity index (χ2v) is 10.4. The first-order valence-corrected chi connectivity index (χ1v) is 13.2. The van der Waals surface area contributed by atoms with Crippen molar-refractivity contribution < 1.29 is 8.78 Å².